The van der Waals surface area contributed by atoms with Gasteiger partial charge in [-0.25, -0.2) is 0 Å². The number of rotatable bonds is 8. The van der Waals surface area contributed by atoms with Crippen LogP contribution in [0, 0.1) is 0 Å². The van der Waals surface area contributed by atoms with Crippen LogP contribution in [0.1, 0.15) is 27.2 Å². The fourth-order valence-electron chi connectivity index (χ4n) is 3.87. The number of anilines is 3. The molecule has 0 unspecified atom stereocenters. The third kappa shape index (κ3) is 7.98. The van der Waals surface area contributed by atoms with E-state index in [0.717, 1.165) is 37.1 Å². The molecule has 1 aliphatic rings. The first-order chi connectivity index (χ1) is 17.7. The molecule has 1 amide bonds. The van der Waals surface area contributed by atoms with Gasteiger partial charge in [0, 0.05) is 48.3 Å². The maximum atomic E-state index is 12.8. The Labute approximate surface area is 231 Å². The quantitative estimate of drug-likeness (QED) is 0.294. The van der Waals surface area contributed by atoms with E-state index in [4.69, 9.17) is 27.9 Å². The first-order valence-corrected chi connectivity index (χ1v) is 14.1. The molecular formula is C27H31Cl2N5O2S. The van der Waals surface area contributed by atoms with E-state index in [1.54, 1.807) is 30.5 Å². The van der Waals surface area contributed by atoms with E-state index in [2.05, 4.69) is 25.7 Å². The van der Waals surface area contributed by atoms with Crippen molar-refractivity contribution >= 4 is 68.8 Å². The Morgan fingerprint density at radius 2 is 1.92 bits per heavy atom. The van der Waals surface area contributed by atoms with Gasteiger partial charge in [0.2, 0.25) is 5.91 Å². The number of fused-ring (bicyclic) bond motifs is 1. The van der Waals surface area contributed by atoms with Crippen molar-refractivity contribution in [3.8, 4) is 5.75 Å². The maximum Gasteiger partial charge on any atom is 0.248 e. The maximum absolute atomic E-state index is 12.8. The summed E-state index contributed by atoms with van der Waals surface area (Å²) in [6.45, 7) is 9.04. The highest BCUT2D eigenvalue weighted by Crippen LogP contribution is 2.36. The second-order valence-electron chi connectivity index (χ2n) is 9.73. The van der Waals surface area contributed by atoms with Gasteiger partial charge in [0.15, 0.2) is 0 Å². The summed E-state index contributed by atoms with van der Waals surface area (Å²) in [5.74, 6) is 2.66. The molecule has 0 saturated carbocycles. The number of hydrogen-bond donors (Lipinski definition) is 2. The lowest BCUT2D eigenvalue weighted by Gasteiger charge is -2.25. The number of halogens is 2. The van der Waals surface area contributed by atoms with Gasteiger partial charge in [-0.3, -0.25) is 4.79 Å². The second kappa shape index (κ2) is 12.3. The molecule has 0 atom stereocenters. The zero-order valence-electron chi connectivity index (χ0n) is 21.2. The van der Waals surface area contributed by atoms with Crippen LogP contribution in [-0.4, -0.2) is 57.7 Å². The van der Waals surface area contributed by atoms with Crippen LogP contribution in [0.2, 0.25) is 10.0 Å². The largest absolute Gasteiger partial charge is 0.486 e. The van der Waals surface area contributed by atoms with Gasteiger partial charge in [-0.15, -0.1) is 0 Å². The first-order valence-electron chi connectivity index (χ1n) is 12.2. The topological polar surface area (TPSA) is 79.4 Å². The minimum atomic E-state index is -0.473. The Balaban J connectivity index is 1.57. The number of carbonyl (C=O) groups excluding carboxylic acids is 1. The van der Waals surface area contributed by atoms with Crippen LogP contribution in [0.4, 0.5) is 17.1 Å². The third-order valence-electron chi connectivity index (χ3n) is 5.60. The molecule has 2 N–H and O–H groups in total. The van der Waals surface area contributed by atoms with E-state index in [1.807, 2.05) is 50.7 Å². The normalized spacial score (nSPS) is 14.7. The van der Waals surface area contributed by atoms with Gasteiger partial charge in [-0.1, -0.05) is 29.3 Å². The van der Waals surface area contributed by atoms with Crippen molar-refractivity contribution < 1.29 is 9.53 Å². The average molecular weight is 561 g/mol. The van der Waals surface area contributed by atoms with E-state index >= 15 is 0 Å². The van der Waals surface area contributed by atoms with E-state index in [9.17, 15) is 4.79 Å². The summed E-state index contributed by atoms with van der Waals surface area (Å²) in [7, 11) is 0. The van der Waals surface area contributed by atoms with Crippen molar-refractivity contribution in [3.05, 3.63) is 58.7 Å². The number of nitrogens with zero attached hydrogens (tertiary/aromatic N) is 3. The Morgan fingerprint density at radius 1 is 1.14 bits per heavy atom. The summed E-state index contributed by atoms with van der Waals surface area (Å²) >= 11 is 14.2. The molecule has 0 bridgehead atoms. The van der Waals surface area contributed by atoms with Crippen LogP contribution in [0.3, 0.4) is 0 Å². The monoisotopic (exact) mass is 559 g/mol. The standard InChI is InChI=1S/C27H31Cl2N5O2S/c1-27(2,3)36-25-16-22-19(24(17-30-33-22)31-18-7-8-20(28)21(29)14-18)15-23(25)32-26(35)6-4-5-9-34-10-12-37-13-11-34/h4,6-8,14-17H,5,9-13H2,1-3H3,(H,31,33)(H,32,35)/b6-4+. The zero-order chi connectivity index (χ0) is 26.4. The van der Waals surface area contributed by atoms with E-state index in [0.29, 0.717) is 32.7 Å². The lowest BCUT2D eigenvalue weighted by atomic mass is 10.1. The molecular weight excluding hydrogens is 529 g/mol. The summed E-state index contributed by atoms with van der Waals surface area (Å²) < 4.78 is 6.17. The molecule has 4 rings (SSSR count). The minimum absolute atomic E-state index is 0.215. The molecule has 3 aromatic rings. The van der Waals surface area contributed by atoms with Crippen molar-refractivity contribution in [2.75, 3.05) is 41.8 Å². The minimum Gasteiger partial charge on any atom is -0.486 e. The fraction of sp³-hybridized carbons (Fsp3) is 0.370. The van der Waals surface area contributed by atoms with Gasteiger partial charge in [0.1, 0.15) is 11.4 Å². The van der Waals surface area contributed by atoms with E-state index in [-0.39, 0.29) is 5.91 Å². The fourth-order valence-corrected chi connectivity index (χ4v) is 5.15. The predicted octanol–water partition coefficient (Wildman–Crippen LogP) is 6.79. The number of nitrogens with one attached hydrogen (secondary N) is 2. The molecule has 1 saturated heterocycles. The summed E-state index contributed by atoms with van der Waals surface area (Å²) in [5, 5.41) is 16.4. The lowest BCUT2D eigenvalue weighted by Crippen LogP contribution is -2.33. The van der Waals surface area contributed by atoms with Crippen LogP contribution in [0.5, 0.6) is 5.75 Å². The number of amides is 1. The van der Waals surface area contributed by atoms with Crippen molar-refractivity contribution in [1.82, 2.24) is 15.1 Å². The molecule has 1 aliphatic heterocycles. The molecule has 0 radical (unpaired) electrons. The number of aromatic nitrogens is 2. The highest BCUT2D eigenvalue weighted by atomic mass is 35.5. The SMILES string of the molecule is CC(C)(C)Oc1cc2nncc(Nc3ccc(Cl)c(Cl)c3)c2cc1NC(=O)/C=C/CCN1CCSCC1. The average Bonchev–Trinajstić information content (AvgIpc) is 2.85. The summed E-state index contributed by atoms with van der Waals surface area (Å²) in [6.07, 6.45) is 5.96. The van der Waals surface area contributed by atoms with Crippen LogP contribution >= 0.6 is 35.0 Å². The van der Waals surface area contributed by atoms with Crippen molar-refractivity contribution in [3.63, 3.8) is 0 Å². The molecule has 2 heterocycles. The number of benzene rings is 2. The summed E-state index contributed by atoms with van der Waals surface area (Å²) in [6, 6.07) is 8.93. The van der Waals surface area contributed by atoms with Gasteiger partial charge >= 0.3 is 0 Å². The molecule has 1 fully saturated rings. The molecule has 1 aromatic heterocycles. The van der Waals surface area contributed by atoms with Gasteiger partial charge in [-0.05, 0) is 57.5 Å². The Hall–Kier alpha value is -2.52. The van der Waals surface area contributed by atoms with Gasteiger partial charge in [0.25, 0.3) is 0 Å². The smallest absolute Gasteiger partial charge is 0.248 e. The molecule has 196 valence electrons. The summed E-state index contributed by atoms with van der Waals surface area (Å²) in [5.41, 5.74) is 2.16. The number of ether oxygens (including phenoxy) is 1. The first kappa shape index (κ1) is 27.5. The molecule has 2 aromatic carbocycles. The number of carbonyl (C=O) groups is 1. The molecule has 7 nitrogen and oxygen atoms in total. The van der Waals surface area contributed by atoms with Gasteiger partial charge in [0.05, 0.1) is 33.1 Å². The van der Waals surface area contributed by atoms with E-state index in [1.165, 1.54) is 11.5 Å². The molecule has 0 spiro atoms. The van der Waals surface area contributed by atoms with Crippen molar-refractivity contribution in [1.29, 1.82) is 0 Å². The predicted molar refractivity (Wildman–Crippen MR) is 156 cm³/mol. The highest BCUT2D eigenvalue weighted by molar-refractivity contribution is 7.99. The Kier molecular flexibility index (Phi) is 9.18. The van der Waals surface area contributed by atoms with Gasteiger partial charge in [-0.2, -0.15) is 22.0 Å². The van der Waals surface area contributed by atoms with Crippen molar-refractivity contribution in [2.45, 2.75) is 32.8 Å². The van der Waals surface area contributed by atoms with Crippen LogP contribution in [-0.2, 0) is 4.79 Å². The zero-order valence-corrected chi connectivity index (χ0v) is 23.5. The van der Waals surface area contributed by atoms with Crippen LogP contribution < -0.4 is 15.4 Å². The molecule has 37 heavy (non-hydrogen) atoms. The number of hydrogen-bond acceptors (Lipinski definition) is 7. The Morgan fingerprint density at radius 3 is 2.65 bits per heavy atom. The van der Waals surface area contributed by atoms with Crippen LogP contribution in [0.25, 0.3) is 10.9 Å². The summed E-state index contributed by atoms with van der Waals surface area (Å²) in [4.78, 5) is 15.3. The van der Waals surface area contributed by atoms with Crippen LogP contribution in [0.15, 0.2) is 48.7 Å². The highest BCUT2D eigenvalue weighted by Gasteiger charge is 2.18. The third-order valence-corrected chi connectivity index (χ3v) is 7.28. The van der Waals surface area contributed by atoms with Gasteiger partial charge < -0.3 is 20.3 Å². The molecule has 10 heteroatoms. The second-order valence-corrected chi connectivity index (χ2v) is 11.8. The lowest BCUT2D eigenvalue weighted by molar-refractivity contribution is -0.111. The van der Waals surface area contributed by atoms with Crippen molar-refractivity contribution in [2.24, 2.45) is 0 Å². The Bertz CT molecular complexity index is 1290. The van der Waals surface area contributed by atoms with E-state index < -0.39 is 5.60 Å². The number of thioether (sulfide) groups is 1. The molecule has 0 aliphatic carbocycles.